The zero-order valence-electron chi connectivity index (χ0n) is 10.8. The van der Waals surface area contributed by atoms with E-state index in [1.807, 2.05) is 30.3 Å². The lowest BCUT2D eigenvalue weighted by molar-refractivity contribution is 0.411. The topological polar surface area (TPSA) is 25.2 Å². The Hall–Kier alpha value is -0.960. The maximum absolute atomic E-state index is 6.21. The van der Waals surface area contributed by atoms with E-state index < -0.39 is 0 Å². The number of rotatable bonds is 6. The Morgan fingerprint density at radius 3 is 2.58 bits per heavy atom. The first-order valence-corrected chi connectivity index (χ1v) is 7.18. The molecular formula is C15H17Cl2NO. The smallest absolute Gasteiger partial charge is 0.193 e. The second-order valence-corrected chi connectivity index (χ2v) is 5.22. The molecule has 0 aliphatic carbocycles. The number of benzene rings is 1. The first kappa shape index (κ1) is 14.4. The van der Waals surface area contributed by atoms with Gasteiger partial charge in [-0.25, -0.2) is 0 Å². The van der Waals surface area contributed by atoms with Crippen molar-refractivity contribution < 1.29 is 4.42 Å². The molecule has 1 aromatic heterocycles. The molecule has 19 heavy (non-hydrogen) atoms. The van der Waals surface area contributed by atoms with Crippen molar-refractivity contribution in [1.82, 2.24) is 5.32 Å². The molecule has 1 N–H and O–H groups in total. The van der Waals surface area contributed by atoms with Gasteiger partial charge in [0.15, 0.2) is 5.22 Å². The van der Waals surface area contributed by atoms with E-state index in [2.05, 4.69) is 12.2 Å². The molecule has 0 aliphatic rings. The highest BCUT2D eigenvalue weighted by Crippen LogP contribution is 2.26. The molecule has 0 amide bonds. The fourth-order valence-corrected chi connectivity index (χ4v) is 2.36. The van der Waals surface area contributed by atoms with Crippen LogP contribution in [0.1, 0.15) is 30.7 Å². The predicted molar refractivity (Wildman–Crippen MR) is 79.9 cm³/mol. The van der Waals surface area contributed by atoms with Crippen LogP contribution in [0.25, 0.3) is 0 Å². The van der Waals surface area contributed by atoms with Gasteiger partial charge in [0.1, 0.15) is 5.76 Å². The Labute approximate surface area is 123 Å². The van der Waals surface area contributed by atoms with Crippen LogP contribution in [-0.2, 0) is 6.42 Å². The second-order valence-electron chi connectivity index (χ2n) is 4.44. The maximum atomic E-state index is 6.21. The Kier molecular flexibility index (Phi) is 5.32. The molecule has 0 saturated carbocycles. The number of hydrogen-bond donors (Lipinski definition) is 1. The molecule has 0 saturated heterocycles. The number of hydrogen-bond acceptors (Lipinski definition) is 2. The van der Waals surface area contributed by atoms with Crippen LogP contribution in [0.15, 0.2) is 40.8 Å². The average molecular weight is 298 g/mol. The summed E-state index contributed by atoms with van der Waals surface area (Å²) >= 11 is 12.1. The average Bonchev–Trinajstić information content (AvgIpc) is 2.83. The zero-order chi connectivity index (χ0) is 13.7. The van der Waals surface area contributed by atoms with Crippen LogP contribution >= 0.6 is 23.2 Å². The van der Waals surface area contributed by atoms with Crippen LogP contribution < -0.4 is 5.32 Å². The number of nitrogens with one attached hydrogen (secondary N) is 1. The SMILES string of the molecule is CCCNC(Cc1ccccc1Cl)c1ccc(Cl)o1. The summed E-state index contributed by atoms with van der Waals surface area (Å²) in [5.41, 5.74) is 1.10. The van der Waals surface area contributed by atoms with Gasteiger partial charge in [0.25, 0.3) is 0 Å². The molecular weight excluding hydrogens is 281 g/mol. The van der Waals surface area contributed by atoms with Crippen molar-refractivity contribution in [2.45, 2.75) is 25.8 Å². The van der Waals surface area contributed by atoms with E-state index in [1.54, 1.807) is 6.07 Å². The lowest BCUT2D eigenvalue weighted by Crippen LogP contribution is -2.23. The normalized spacial score (nSPS) is 12.6. The van der Waals surface area contributed by atoms with E-state index in [0.29, 0.717) is 5.22 Å². The fraction of sp³-hybridized carbons (Fsp3) is 0.333. The molecule has 0 radical (unpaired) electrons. The van der Waals surface area contributed by atoms with Crippen molar-refractivity contribution in [1.29, 1.82) is 0 Å². The van der Waals surface area contributed by atoms with E-state index >= 15 is 0 Å². The standard InChI is InChI=1S/C15H17Cl2NO/c1-2-9-18-13(14-7-8-15(17)19-14)10-11-5-3-4-6-12(11)16/h3-8,13,18H,2,9-10H2,1H3. The van der Waals surface area contributed by atoms with Gasteiger partial charge in [-0.05, 0) is 54.7 Å². The highest BCUT2D eigenvalue weighted by molar-refractivity contribution is 6.31. The summed E-state index contributed by atoms with van der Waals surface area (Å²) < 4.78 is 5.51. The summed E-state index contributed by atoms with van der Waals surface area (Å²) in [6.45, 7) is 3.06. The monoisotopic (exact) mass is 297 g/mol. The third-order valence-corrected chi connectivity index (χ3v) is 3.53. The predicted octanol–water partition coefficient (Wildman–Crippen LogP) is 4.87. The van der Waals surface area contributed by atoms with E-state index in [-0.39, 0.29) is 6.04 Å². The minimum atomic E-state index is 0.0901. The highest BCUT2D eigenvalue weighted by Gasteiger charge is 2.16. The molecule has 2 rings (SSSR count). The summed E-state index contributed by atoms with van der Waals surface area (Å²) in [5.74, 6) is 0.846. The van der Waals surface area contributed by atoms with E-state index in [1.165, 1.54) is 0 Å². The lowest BCUT2D eigenvalue weighted by atomic mass is 10.0. The van der Waals surface area contributed by atoms with Crippen LogP contribution in [0.4, 0.5) is 0 Å². The van der Waals surface area contributed by atoms with Gasteiger partial charge < -0.3 is 9.73 Å². The molecule has 4 heteroatoms. The third-order valence-electron chi connectivity index (χ3n) is 2.96. The Balaban J connectivity index is 2.16. The van der Waals surface area contributed by atoms with Crippen LogP contribution in [0, 0.1) is 0 Å². The Morgan fingerprint density at radius 2 is 1.95 bits per heavy atom. The summed E-state index contributed by atoms with van der Waals surface area (Å²) in [6, 6.07) is 11.6. The molecule has 0 bridgehead atoms. The first-order valence-electron chi connectivity index (χ1n) is 6.42. The van der Waals surface area contributed by atoms with E-state index in [9.17, 15) is 0 Å². The number of furan rings is 1. The van der Waals surface area contributed by atoms with Gasteiger partial charge in [-0.1, -0.05) is 36.7 Å². The number of halogens is 2. The molecule has 1 heterocycles. The molecule has 0 spiro atoms. The lowest BCUT2D eigenvalue weighted by Gasteiger charge is -2.17. The minimum absolute atomic E-state index is 0.0901. The van der Waals surface area contributed by atoms with Gasteiger partial charge in [0, 0.05) is 5.02 Å². The van der Waals surface area contributed by atoms with Crippen molar-refractivity contribution in [2.24, 2.45) is 0 Å². The molecule has 0 aliphatic heterocycles. The van der Waals surface area contributed by atoms with Gasteiger partial charge in [-0.3, -0.25) is 0 Å². The highest BCUT2D eigenvalue weighted by atomic mass is 35.5. The van der Waals surface area contributed by atoms with Crippen LogP contribution in [0.5, 0.6) is 0 Å². The molecule has 0 fully saturated rings. The fourth-order valence-electron chi connectivity index (χ4n) is 1.99. The molecule has 2 nitrogen and oxygen atoms in total. The second kappa shape index (κ2) is 6.99. The summed E-state index contributed by atoms with van der Waals surface area (Å²) in [7, 11) is 0. The summed E-state index contributed by atoms with van der Waals surface area (Å²) in [5, 5.41) is 4.66. The van der Waals surface area contributed by atoms with Gasteiger partial charge in [-0.15, -0.1) is 0 Å². The largest absolute Gasteiger partial charge is 0.448 e. The van der Waals surface area contributed by atoms with E-state index in [0.717, 1.165) is 35.7 Å². The first-order chi connectivity index (χ1) is 9.20. The van der Waals surface area contributed by atoms with Crippen molar-refractivity contribution in [2.75, 3.05) is 6.54 Å². The minimum Gasteiger partial charge on any atom is -0.448 e. The summed E-state index contributed by atoms with van der Waals surface area (Å²) in [4.78, 5) is 0. The van der Waals surface area contributed by atoms with Gasteiger partial charge in [0.2, 0.25) is 0 Å². The van der Waals surface area contributed by atoms with Crippen LogP contribution in [0.3, 0.4) is 0 Å². The Morgan fingerprint density at radius 1 is 1.16 bits per heavy atom. The summed E-state index contributed by atoms with van der Waals surface area (Å²) in [6.07, 6.45) is 1.84. The van der Waals surface area contributed by atoms with Crippen molar-refractivity contribution in [3.63, 3.8) is 0 Å². The Bertz CT molecular complexity index is 524. The van der Waals surface area contributed by atoms with Crippen molar-refractivity contribution >= 4 is 23.2 Å². The molecule has 102 valence electrons. The van der Waals surface area contributed by atoms with Crippen molar-refractivity contribution in [3.8, 4) is 0 Å². The van der Waals surface area contributed by atoms with Gasteiger partial charge in [-0.2, -0.15) is 0 Å². The molecule has 1 unspecified atom stereocenters. The van der Waals surface area contributed by atoms with Crippen LogP contribution in [0.2, 0.25) is 10.2 Å². The zero-order valence-corrected chi connectivity index (χ0v) is 12.3. The molecule has 1 aromatic carbocycles. The maximum Gasteiger partial charge on any atom is 0.193 e. The molecule has 1 atom stereocenters. The third kappa shape index (κ3) is 4.00. The van der Waals surface area contributed by atoms with Gasteiger partial charge >= 0.3 is 0 Å². The quantitative estimate of drug-likeness (QED) is 0.823. The van der Waals surface area contributed by atoms with Gasteiger partial charge in [0.05, 0.1) is 6.04 Å². The van der Waals surface area contributed by atoms with Crippen LogP contribution in [-0.4, -0.2) is 6.54 Å². The van der Waals surface area contributed by atoms with E-state index in [4.69, 9.17) is 27.6 Å². The molecule has 2 aromatic rings. The van der Waals surface area contributed by atoms with Crippen molar-refractivity contribution in [3.05, 3.63) is 58.0 Å².